The highest BCUT2D eigenvalue weighted by Gasteiger charge is 2.00. The lowest BCUT2D eigenvalue weighted by Gasteiger charge is -2.18. The molecule has 0 amide bonds. The van der Waals surface area contributed by atoms with Crippen molar-refractivity contribution in [2.24, 2.45) is 5.92 Å². The van der Waals surface area contributed by atoms with Crippen molar-refractivity contribution >= 4 is 0 Å². The predicted octanol–water partition coefficient (Wildman–Crippen LogP) is 0.570. The van der Waals surface area contributed by atoms with Crippen molar-refractivity contribution in [1.29, 1.82) is 0 Å². The second kappa shape index (κ2) is 14.9. The summed E-state index contributed by atoms with van der Waals surface area (Å²) >= 11 is 0. The maximum Gasteiger partial charge on any atom is 0.186 e. The van der Waals surface area contributed by atoms with Gasteiger partial charge < -0.3 is 15.3 Å². The number of hydrogen-bond donors (Lipinski definition) is 3. The van der Waals surface area contributed by atoms with Crippen LogP contribution in [0.2, 0.25) is 0 Å². The van der Waals surface area contributed by atoms with E-state index in [4.69, 9.17) is 10.2 Å². The largest absolute Gasteiger partial charge is 0.854 e. The Balaban J connectivity index is 0. The van der Waals surface area contributed by atoms with Crippen LogP contribution in [-0.2, 0) is 0 Å². The van der Waals surface area contributed by atoms with E-state index in [1.165, 1.54) is 31.0 Å². The van der Waals surface area contributed by atoms with Gasteiger partial charge in [0.25, 0.3) is 0 Å². The number of quaternary nitrogens is 1. The Labute approximate surface area is 112 Å². The minimum absolute atomic E-state index is 0.136. The Morgan fingerprint density at radius 2 is 1.50 bits per heavy atom. The molecule has 0 rings (SSSR count). The second-order valence-corrected chi connectivity index (χ2v) is 4.99. The Morgan fingerprint density at radius 3 is 1.78 bits per heavy atom. The minimum Gasteiger partial charge on any atom is -0.854 e. The van der Waals surface area contributed by atoms with E-state index in [1.807, 2.05) is 0 Å². The van der Waals surface area contributed by atoms with Gasteiger partial charge in [-0.3, -0.25) is 5.32 Å². The zero-order valence-corrected chi connectivity index (χ0v) is 12.6. The summed E-state index contributed by atoms with van der Waals surface area (Å²) in [5.74, 6) is 0.464. The molecule has 18 heavy (non-hydrogen) atoms. The molecular weight excluding hydrogens is 230 g/mol. The average molecular weight is 263 g/mol. The maximum atomic E-state index is 10.6. The summed E-state index contributed by atoms with van der Waals surface area (Å²) in [4.78, 5) is 0. The topological polar surface area (TPSA) is 80.1 Å². The van der Waals surface area contributed by atoms with Crippen LogP contribution in [-0.4, -0.2) is 29.3 Å². The quantitative estimate of drug-likeness (QED) is 0.420. The van der Waals surface area contributed by atoms with E-state index in [9.17, 15) is 5.11 Å². The number of rotatable bonds is 9. The summed E-state index contributed by atoms with van der Waals surface area (Å²) in [5, 5.41) is 29.1. The van der Waals surface area contributed by atoms with E-state index in [1.54, 1.807) is 13.8 Å². The molecule has 0 saturated heterocycles. The maximum absolute atomic E-state index is 10.6. The van der Waals surface area contributed by atoms with Crippen molar-refractivity contribution in [3.05, 3.63) is 0 Å². The SMILES string of the molecule is CC(O)[NH2+]C(C)O.CCCCCC(C[O-])CCC. The molecule has 3 atom stereocenters. The molecule has 0 radical (unpaired) electrons. The molecule has 0 aromatic rings. The lowest BCUT2D eigenvalue weighted by atomic mass is 9.98. The predicted molar refractivity (Wildman–Crippen MR) is 72.7 cm³/mol. The lowest BCUT2D eigenvalue weighted by molar-refractivity contribution is -0.775. The number of hydrogen-bond acceptors (Lipinski definition) is 3. The van der Waals surface area contributed by atoms with Crippen LogP contribution in [0, 0.1) is 5.92 Å². The first-order chi connectivity index (χ1) is 8.47. The zero-order chi connectivity index (χ0) is 14.4. The Bertz CT molecular complexity index is 146. The standard InChI is InChI=1S/C10H21O.C4H11NO2/c1-3-5-6-8-10(9-11)7-4-2;1-3(6)5-4(2)7/h10H,3-9H2,1-2H3;3-7H,1-2H3/q-1;/p+1. The number of unbranched alkanes of at least 4 members (excludes halogenated alkanes) is 2. The van der Waals surface area contributed by atoms with E-state index in [0.29, 0.717) is 5.92 Å². The number of aliphatic hydroxyl groups excluding tert-OH is 2. The third-order valence-electron chi connectivity index (χ3n) is 2.71. The molecule has 0 spiro atoms. The highest BCUT2D eigenvalue weighted by molar-refractivity contribution is 4.56. The third kappa shape index (κ3) is 18.2. The molecule has 0 aromatic carbocycles. The van der Waals surface area contributed by atoms with Crippen molar-refractivity contribution in [2.45, 2.75) is 78.7 Å². The molecule has 0 aliphatic carbocycles. The fourth-order valence-corrected chi connectivity index (χ4v) is 1.81. The van der Waals surface area contributed by atoms with Crippen LogP contribution in [0.1, 0.15) is 66.2 Å². The molecule has 4 N–H and O–H groups in total. The summed E-state index contributed by atoms with van der Waals surface area (Å²) in [5.41, 5.74) is 0. The van der Waals surface area contributed by atoms with E-state index in [2.05, 4.69) is 13.8 Å². The van der Waals surface area contributed by atoms with E-state index >= 15 is 0 Å². The van der Waals surface area contributed by atoms with E-state index in [-0.39, 0.29) is 6.61 Å². The van der Waals surface area contributed by atoms with Gasteiger partial charge in [0.2, 0.25) is 0 Å². The molecule has 0 aliphatic heterocycles. The molecule has 0 heterocycles. The molecule has 0 aliphatic rings. The lowest BCUT2D eigenvalue weighted by Crippen LogP contribution is -2.94. The first-order valence-corrected chi connectivity index (χ1v) is 7.27. The molecule has 0 aromatic heterocycles. The molecule has 4 nitrogen and oxygen atoms in total. The number of aliphatic hydroxyl groups is 2. The van der Waals surface area contributed by atoms with Crippen LogP contribution in [0.4, 0.5) is 0 Å². The van der Waals surface area contributed by atoms with Crippen LogP contribution >= 0.6 is 0 Å². The highest BCUT2D eigenvalue weighted by Crippen LogP contribution is 2.13. The third-order valence-corrected chi connectivity index (χ3v) is 2.71. The van der Waals surface area contributed by atoms with Gasteiger partial charge in [0, 0.05) is 13.8 Å². The smallest absolute Gasteiger partial charge is 0.186 e. The van der Waals surface area contributed by atoms with Crippen LogP contribution in [0.15, 0.2) is 0 Å². The normalized spacial score (nSPS) is 15.5. The van der Waals surface area contributed by atoms with Gasteiger partial charge in [-0.1, -0.05) is 58.3 Å². The summed E-state index contributed by atoms with van der Waals surface area (Å²) in [7, 11) is 0. The Morgan fingerprint density at radius 1 is 0.944 bits per heavy atom. The molecule has 3 unspecified atom stereocenters. The zero-order valence-electron chi connectivity index (χ0n) is 12.6. The van der Waals surface area contributed by atoms with Gasteiger partial charge in [0.05, 0.1) is 0 Å². The average Bonchev–Trinajstić information content (AvgIpc) is 2.27. The van der Waals surface area contributed by atoms with Crippen LogP contribution in [0.5, 0.6) is 0 Å². The van der Waals surface area contributed by atoms with Gasteiger partial charge >= 0.3 is 0 Å². The molecule has 4 heteroatoms. The van der Waals surface area contributed by atoms with Gasteiger partial charge in [-0.25, -0.2) is 0 Å². The minimum atomic E-state index is -0.500. The van der Waals surface area contributed by atoms with Gasteiger partial charge in [-0.2, -0.15) is 0 Å². The van der Waals surface area contributed by atoms with Crippen molar-refractivity contribution in [3.8, 4) is 0 Å². The fourth-order valence-electron chi connectivity index (χ4n) is 1.81. The molecule has 0 saturated carbocycles. The first-order valence-electron chi connectivity index (χ1n) is 7.27. The second-order valence-electron chi connectivity index (χ2n) is 4.99. The molecule has 0 bridgehead atoms. The summed E-state index contributed by atoms with van der Waals surface area (Å²) in [6.07, 6.45) is 6.26. The van der Waals surface area contributed by atoms with Gasteiger partial charge in [0.1, 0.15) is 0 Å². The Kier molecular flexibility index (Phi) is 16.7. The molecular formula is C14H33NO3. The van der Waals surface area contributed by atoms with Crippen LogP contribution in [0.25, 0.3) is 0 Å². The summed E-state index contributed by atoms with van der Waals surface area (Å²) in [6.45, 7) is 7.70. The molecule has 0 fully saturated rings. The van der Waals surface area contributed by atoms with Crippen LogP contribution < -0.4 is 10.4 Å². The van der Waals surface area contributed by atoms with Crippen molar-refractivity contribution in [1.82, 2.24) is 0 Å². The number of nitrogens with two attached hydrogens (primary N) is 1. The Hall–Kier alpha value is -0.160. The fraction of sp³-hybridized carbons (Fsp3) is 1.00. The van der Waals surface area contributed by atoms with Crippen molar-refractivity contribution in [3.63, 3.8) is 0 Å². The molecule has 112 valence electrons. The van der Waals surface area contributed by atoms with E-state index in [0.717, 1.165) is 12.8 Å². The van der Waals surface area contributed by atoms with Gasteiger partial charge in [0.15, 0.2) is 12.5 Å². The summed E-state index contributed by atoms with van der Waals surface area (Å²) in [6, 6.07) is 0. The first kappa shape index (κ1) is 20.2. The van der Waals surface area contributed by atoms with E-state index < -0.39 is 12.5 Å². The highest BCUT2D eigenvalue weighted by atomic mass is 16.3. The van der Waals surface area contributed by atoms with Crippen LogP contribution in [0.3, 0.4) is 0 Å². The monoisotopic (exact) mass is 263 g/mol. The summed E-state index contributed by atoms with van der Waals surface area (Å²) < 4.78 is 0. The van der Waals surface area contributed by atoms with Crippen molar-refractivity contribution in [2.75, 3.05) is 6.61 Å². The van der Waals surface area contributed by atoms with Gasteiger partial charge in [-0.15, -0.1) is 6.61 Å². The van der Waals surface area contributed by atoms with Crippen molar-refractivity contribution < 1.29 is 20.6 Å². The van der Waals surface area contributed by atoms with Gasteiger partial charge in [-0.05, 0) is 0 Å².